The number of hydrogen-bond donors (Lipinski definition) is 1. The van der Waals surface area contributed by atoms with Gasteiger partial charge < -0.3 is 14.3 Å². The molecule has 0 spiro atoms. The number of carboxylic acids is 1. The summed E-state index contributed by atoms with van der Waals surface area (Å²) in [5.41, 5.74) is 0.688. The first-order valence-corrected chi connectivity index (χ1v) is 4.08. The molecule has 1 heterocycles. The summed E-state index contributed by atoms with van der Waals surface area (Å²) in [4.78, 5) is 10.3. The van der Waals surface area contributed by atoms with Crippen molar-refractivity contribution >= 4 is 16.9 Å². The molecular formula is C10H8O4. The molecule has 2 rings (SSSR count). The maximum absolute atomic E-state index is 10.3. The second-order valence-corrected chi connectivity index (χ2v) is 2.77. The zero-order valence-corrected chi connectivity index (χ0v) is 7.27. The Morgan fingerprint density at radius 3 is 3.07 bits per heavy atom. The molecule has 1 aromatic heterocycles. The lowest BCUT2D eigenvalue weighted by molar-refractivity contribution is -0.139. The van der Waals surface area contributed by atoms with E-state index in [0.29, 0.717) is 11.3 Å². The van der Waals surface area contributed by atoms with E-state index in [1.54, 1.807) is 24.3 Å². The van der Waals surface area contributed by atoms with Gasteiger partial charge in [0.05, 0.1) is 11.6 Å². The Morgan fingerprint density at radius 1 is 1.43 bits per heavy atom. The fourth-order valence-electron chi connectivity index (χ4n) is 1.23. The molecule has 0 saturated heterocycles. The van der Waals surface area contributed by atoms with E-state index in [9.17, 15) is 4.79 Å². The normalized spacial score (nSPS) is 10.3. The number of carboxylic acid groups (broad SMARTS) is 1. The summed E-state index contributed by atoms with van der Waals surface area (Å²) in [6.45, 7) is -0.343. The molecule has 0 amide bonds. The van der Waals surface area contributed by atoms with Crippen molar-refractivity contribution in [3.05, 3.63) is 30.5 Å². The summed E-state index contributed by atoms with van der Waals surface area (Å²) in [5, 5.41) is 9.23. The average Bonchev–Trinajstić information content (AvgIpc) is 2.62. The Bertz CT molecular complexity index is 458. The molecule has 0 atom stereocenters. The number of furan rings is 1. The van der Waals surface area contributed by atoms with Gasteiger partial charge in [-0.05, 0) is 18.2 Å². The standard InChI is InChI=1S/C10H8O4/c11-10(12)6-14-9-3-1-2-8-7(9)4-5-13-8/h1-5H,6H2,(H,11,12). The lowest BCUT2D eigenvalue weighted by Crippen LogP contribution is -2.09. The van der Waals surface area contributed by atoms with Gasteiger partial charge in [0.25, 0.3) is 0 Å². The summed E-state index contributed by atoms with van der Waals surface area (Å²) in [6, 6.07) is 7.00. The molecule has 0 aliphatic carbocycles. The van der Waals surface area contributed by atoms with Crippen LogP contribution in [0.1, 0.15) is 0 Å². The van der Waals surface area contributed by atoms with Crippen molar-refractivity contribution < 1.29 is 19.1 Å². The molecule has 4 nitrogen and oxygen atoms in total. The van der Waals surface area contributed by atoms with Gasteiger partial charge in [0.15, 0.2) is 6.61 Å². The van der Waals surface area contributed by atoms with E-state index in [4.69, 9.17) is 14.3 Å². The molecule has 0 aliphatic heterocycles. The Labute approximate surface area is 79.7 Å². The summed E-state index contributed by atoms with van der Waals surface area (Å²) in [5.74, 6) is -0.468. The Morgan fingerprint density at radius 2 is 2.29 bits per heavy atom. The smallest absolute Gasteiger partial charge is 0.341 e. The molecule has 14 heavy (non-hydrogen) atoms. The summed E-state index contributed by atoms with van der Waals surface area (Å²) >= 11 is 0. The van der Waals surface area contributed by atoms with Crippen LogP contribution in [0.25, 0.3) is 11.0 Å². The van der Waals surface area contributed by atoms with Crippen LogP contribution in [0, 0.1) is 0 Å². The van der Waals surface area contributed by atoms with E-state index in [2.05, 4.69) is 0 Å². The van der Waals surface area contributed by atoms with Crippen LogP contribution in [-0.4, -0.2) is 17.7 Å². The van der Waals surface area contributed by atoms with E-state index < -0.39 is 5.97 Å². The highest BCUT2D eigenvalue weighted by Gasteiger charge is 2.05. The van der Waals surface area contributed by atoms with Crippen molar-refractivity contribution in [3.63, 3.8) is 0 Å². The van der Waals surface area contributed by atoms with Crippen LogP contribution >= 0.6 is 0 Å². The van der Waals surface area contributed by atoms with Crippen LogP contribution in [0.4, 0.5) is 0 Å². The van der Waals surface area contributed by atoms with Gasteiger partial charge in [0, 0.05) is 0 Å². The third-order valence-electron chi connectivity index (χ3n) is 1.81. The molecule has 72 valence electrons. The summed E-state index contributed by atoms with van der Waals surface area (Å²) < 4.78 is 10.2. The molecular weight excluding hydrogens is 184 g/mol. The Hall–Kier alpha value is -1.97. The Kier molecular flexibility index (Phi) is 2.10. The van der Waals surface area contributed by atoms with Crippen LogP contribution in [0.5, 0.6) is 5.75 Å². The molecule has 4 heteroatoms. The third kappa shape index (κ3) is 1.54. The zero-order chi connectivity index (χ0) is 9.97. The number of ether oxygens (including phenoxy) is 1. The Balaban J connectivity index is 2.32. The first-order chi connectivity index (χ1) is 6.77. The molecule has 0 unspecified atom stereocenters. The maximum Gasteiger partial charge on any atom is 0.341 e. The average molecular weight is 192 g/mol. The summed E-state index contributed by atoms with van der Waals surface area (Å²) in [7, 11) is 0. The predicted molar refractivity (Wildman–Crippen MR) is 49.3 cm³/mol. The van der Waals surface area contributed by atoms with E-state index in [-0.39, 0.29) is 6.61 Å². The van der Waals surface area contributed by atoms with Crippen LogP contribution in [0.2, 0.25) is 0 Å². The van der Waals surface area contributed by atoms with Crippen molar-refractivity contribution in [2.24, 2.45) is 0 Å². The second kappa shape index (κ2) is 3.41. The number of hydrogen-bond acceptors (Lipinski definition) is 3. The first-order valence-electron chi connectivity index (χ1n) is 4.08. The molecule has 0 radical (unpaired) electrons. The number of benzene rings is 1. The monoisotopic (exact) mass is 192 g/mol. The molecule has 0 bridgehead atoms. The highest BCUT2D eigenvalue weighted by Crippen LogP contribution is 2.25. The predicted octanol–water partition coefficient (Wildman–Crippen LogP) is 1.90. The van der Waals surface area contributed by atoms with Crippen LogP contribution in [0.3, 0.4) is 0 Å². The third-order valence-corrected chi connectivity index (χ3v) is 1.81. The first kappa shape index (κ1) is 8.62. The van der Waals surface area contributed by atoms with Crippen molar-refractivity contribution in [3.8, 4) is 5.75 Å². The zero-order valence-electron chi connectivity index (χ0n) is 7.27. The molecule has 0 fully saturated rings. The van der Waals surface area contributed by atoms with E-state index in [0.717, 1.165) is 5.39 Å². The number of fused-ring (bicyclic) bond motifs is 1. The van der Waals surface area contributed by atoms with Gasteiger partial charge in [-0.3, -0.25) is 0 Å². The number of rotatable bonds is 3. The van der Waals surface area contributed by atoms with Gasteiger partial charge in [-0.1, -0.05) is 6.07 Å². The van der Waals surface area contributed by atoms with Gasteiger partial charge in [-0.15, -0.1) is 0 Å². The minimum atomic E-state index is -0.995. The van der Waals surface area contributed by atoms with Crippen LogP contribution in [-0.2, 0) is 4.79 Å². The minimum absolute atomic E-state index is 0.343. The number of aliphatic carboxylic acids is 1. The largest absolute Gasteiger partial charge is 0.481 e. The molecule has 1 aromatic carbocycles. The fraction of sp³-hybridized carbons (Fsp3) is 0.100. The SMILES string of the molecule is O=C(O)COc1cccc2occc12. The van der Waals surface area contributed by atoms with Gasteiger partial charge in [-0.25, -0.2) is 4.79 Å². The molecule has 1 N–H and O–H groups in total. The summed E-state index contributed by atoms with van der Waals surface area (Å²) in [6.07, 6.45) is 1.54. The molecule has 2 aromatic rings. The van der Waals surface area contributed by atoms with E-state index in [1.165, 1.54) is 6.26 Å². The van der Waals surface area contributed by atoms with Crippen molar-refractivity contribution in [1.82, 2.24) is 0 Å². The fourth-order valence-corrected chi connectivity index (χ4v) is 1.23. The van der Waals surface area contributed by atoms with Crippen molar-refractivity contribution in [2.75, 3.05) is 6.61 Å². The lowest BCUT2D eigenvalue weighted by Gasteiger charge is -2.02. The lowest BCUT2D eigenvalue weighted by atomic mass is 10.2. The highest BCUT2D eigenvalue weighted by molar-refractivity contribution is 5.84. The van der Waals surface area contributed by atoms with Gasteiger partial charge >= 0.3 is 5.97 Å². The maximum atomic E-state index is 10.3. The number of carbonyl (C=O) groups is 1. The van der Waals surface area contributed by atoms with Gasteiger partial charge in [-0.2, -0.15) is 0 Å². The quantitative estimate of drug-likeness (QED) is 0.806. The van der Waals surface area contributed by atoms with Gasteiger partial charge in [0.1, 0.15) is 11.3 Å². The molecule has 0 aliphatic rings. The second-order valence-electron chi connectivity index (χ2n) is 2.77. The minimum Gasteiger partial charge on any atom is -0.481 e. The highest BCUT2D eigenvalue weighted by atomic mass is 16.5. The van der Waals surface area contributed by atoms with Crippen molar-refractivity contribution in [2.45, 2.75) is 0 Å². The van der Waals surface area contributed by atoms with E-state index >= 15 is 0 Å². The van der Waals surface area contributed by atoms with Crippen LogP contribution in [0.15, 0.2) is 34.9 Å². The molecule has 0 saturated carbocycles. The van der Waals surface area contributed by atoms with Gasteiger partial charge in [0.2, 0.25) is 0 Å². The van der Waals surface area contributed by atoms with Crippen molar-refractivity contribution in [1.29, 1.82) is 0 Å². The van der Waals surface area contributed by atoms with Crippen LogP contribution < -0.4 is 4.74 Å². The topological polar surface area (TPSA) is 59.7 Å². The van der Waals surface area contributed by atoms with E-state index in [1.807, 2.05) is 0 Å².